The Morgan fingerprint density at radius 3 is 2.39 bits per heavy atom. The van der Waals surface area contributed by atoms with Crippen molar-refractivity contribution in [1.82, 2.24) is 4.31 Å². The van der Waals surface area contributed by atoms with Crippen molar-refractivity contribution in [2.75, 3.05) is 19.8 Å². The van der Waals surface area contributed by atoms with Gasteiger partial charge >= 0.3 is 0 Å². The zero-order chi connectivity index (χ0) is 15.9. The Labute approximate surface area is 135 Å². The van der Waals surface area contributed by atoms with Gasteiger partial charge in [-0.25, -0.2) is 8.42 Å². The van der Waals surface area contributed by atoms with E-state index in [1.54, 1.807) is 22.5 Å². The van der Waals surface area contributed by atoms with Gasteiger partial charge in [0.15, 0.2) is 11.5 Å². The van der Waals surface area contributed by atoms with E-state index in [9.17, 15) is 8.42 Å². The van der Waals surface area contributed by atoms with Crippen LogP contribution in [-0.2, 0) is 10.0 Å². The summed E-state index contributed by atoms with van der Waals surface area (Å²) < 4.78 is 38.3. The Kier molecular flexibility index (Phi) is 3.50. The van der Waals surface area contributed by atoms with Gasteiger partial charge in [0.1, 0.15) is 13.2 Å². The summed E-state index contributed by atoms with van der Waals surface area (Å²) in [5.74, 6) is 1.09. The number of benzene rings is 2. The second-order valence-electron chi connectivity index (χ2n) is 5.64. The minimum absolute atomic E-state index is 0.0885. The zero-order valence-electron chi connectivity index (χ0n) is 12.5. The van der Waals surface area contributed by atoms with Crippen LogP contribution < -0.4 is 9.47 Å². The van der Waals surface area contributed by atoms with E-state index in [1.807, 2.05) is 30.3 Å². The molecule has 1 saturated heterocycles. The maximum absolute atomic E-state index is 12.9. The molecular formula is C17H17NO4S. The minimum atomic E-state index is -3.54. The standard InChI is InChI=1S/C17H17NO4S/c19-23(20,14-6-7-16-17(12-14)22-11-10-21-16)18-9-8-15(18)13-4-2-1-3-5-13/h1-7,12,15H,8-11H2. The molecule has 1 atom stereocenters. The SMILES string of the molecule is O=S(=O)(c1ccc2c(c1)OCCO2)N1CCC1c1ccccc1. The minimum Gasteiger partial charge on any atom is -0.486 e. The van der Waals surface area contributed by atoms with Crippen LogP contribution in [0.1, 0.15) is 18.0 Å². The van der Waals surface area contributed by atoms with Crippen molar-refractivity contribution in [3.05, 3.63) is 54.1 Å². The Bertz CT molecular complexity index is 820. The molecule has 23 heavy (non-hydrogen) atoms. The molecule has 0 spiro atoms. The van der Waals surface area contributed by atoms with Crippen LogP contribution in [0.3, 0.4) is 0 Å². The lowest BCUT2D eigenvalue weighted by Crippen LogP contribution is -2.44. The average Bonchev–Trinajstić information content (AvgIpc) is 2.54. The van der Waals surface area contributed by atoms with Crippen molar-refractivity contribution in [3.8, 4) is 11.5 Å². The van der Waals surface area contributed by atoms with Gasteiger partial charge in [0, 0.05) is 12.6 Å². The molecular weight excluding hydrogens is 314 g/mol. The van der Waals surface area contributed by atoms with Gasteiger partial charge in [0.2, 0.25) is 10.0 Å². The molecule has 0 saturated carbocycles. The molecule has 2 aromatic rings. The zero-order valence-corrected chi connectivity index (χ0v) is 13.3. The lowest BCUT2D eigenvalue weighted by atomic mass is 9.98. The maximum Gasteiger partial charge on any atom is 0.243 e. The van der Waals surface area contributed by atoms with Crippen LogP contribution in [0, 0.1) is 0 Å². The van der Waals surface area contributed by atoms with Crippen molar-refractivity contribution in [1.29, 1.82) is 0 Å². The van der Waals surface area contributed by atoms with E-state index in [0.29, 0.717) is 31.3 Å². The summed E-state index contributed by atoms with van der Waals surface area (Å²) in [4.78, 5) is 0.252. The van der Waals surface area contributed by atoms with Gasteiger partial charge in [-0.2, -0.15) is 4.31 Å². The van der Waals surface area contributed by atoms with E-state index in [0.717, 1.165) is 12.0 Å². The highest BCUT2D eigenvalue weighted by atomic mass is 32.2. The summed E-state index contributed by atoms with van der Waals surface area (Å²) in [5.41, 5.74) is 1.03. The van der Waals surface area contributed by atoms with E-state index in [1.165, 1.54) is 0 Å². The molecule has 0 amide bonds. The average molecular weight is 331 g/mol. The van der Waals surface area contributed by atoms with E-state index in [-0.39, 0.29) is 10.9 Å². The second kappa shape index (κ2) is 5.54. The predicted molar refractivity (Wildman–Crippen MR) is 85.1 cm³/mol. The normalized spacial score (nSPS) is 20.8. The van der Waals surface area contributed by atoms with E-state index >= 15 is 0 Å². The first-order chi connectivity index (χ1) is 11.2. The molecule has 0 aliphatic carbocycles. The Balaban J connectivity index is 1.65. The lowest BCUT2D eigenvalue weighted by molar-refractivity contribution is 0.170. The fourth-order valence-corrected chi connectivity index (χ4v) is 4.65. The largest absolute Gasteiger partial charge is 0.486 e. The summed E-state index contributed by atoms with van der Waals surface area (Å²) in [6.07, 6.45) is 0.841. The fraction of sp³-hybridized carbons (Fsp3) is 0.294. The molecule has 2 aliphatic rings. The molecule has 0 N–H and O–H groups in total. The molecule has 1 unspecified atom stereocenters. The van der Waals surface area contributed by atoms with Crippen LogP contribution >= 0.6 is 0 Å². The summed E-state index contributed by atoms with van der Waals surface area (Å²) in [5, 5.41) is 0. The van der Waals surface area contributed by atoms with Crippen LogP contribution in [0.15, 0.2) is 53.4 Å². The third kappa shape index (κ3) is 2.48. The number of hydrogen-bond donors (Lipinski definition) is 0. The molecule has 0 bridgehead atoms. The van der Waals surface area contributed by atoms with Gasteiger partial charge in [0.05, 0.1) is 10.9 Å². The van der Waals surface area contributed by atoms with Crippen molar-refractivity contribution in [2.45, 2.75) is 17.4 Å². The number of ether oxygens (including phenoxy) is 2. The predicted octanol–water partition coefficient (Wildman–Crippen LogP) is 2.59. The molecule has 6 heteroatoms. The third-order valence-corrected chi connectivity index (χ3v) is 6.18. The van der Waals surface area contributed by atoms with Gasteiger partial charge in [-0.3, -0.25) is 0 Å². The molecule has 1 fully saturated rings. The van der Waals surface area contributed by atoms with Gasteiger partial charge in [-0.05, 0) is 24.1 Å². The maximum atomic E-state index is 12.9. The number of sulfonamides is 1. The number of hydrogen-bond acceptors (Lipinski definition) is 4. The summed E-state index contributed by atoms with van der Waals surface area (Å²) in [6.45, 7) is 1.46. The molecule has 120 valence electrons. The van der Waals surface area contributed by atoms with Crippen LogP contribution in [0.2, 0.25) is 0 Å². The first-order valence-electron chi connectivity index (χ1n) is 7.63. The Morgan fingerprint density at radius 2 is 1.70 bits per heavy atom. The van der Waals surface area contributed by atoms with Gasteiger partial charge in [-0.15, -0.1) is 0 Å². The van der Waals surface area contributed by atoms with Crippen LogP contribution in [0.25, 0.3) is 0 Å². The molecule has 2 heterocycles. The lowest BCUT2D eigenvalue weighted by Gasteiger charge is -2.40. The molecule has 2 aromatic carbocycles. The van der Waals surface area contributed by atoms with E-state index in [4.69, 9.17) is 9.47 Å². The number of fused-ring (bicyclic) bond motifs is 1. The highest BCUT2D eigenvalue weighted by molar-refractivity contribution is 7.89. The van der Waals surface area contributed by atoms with Crippen LogP contribution in [0.5, 0.6) is 11.5 Å². The summed E-state index contributed by atoms with van der Waals surface area (Å²) >= 11 is 0. The van der Waals surface area contributed by atoms with Crippen molar-refractivity contribution >= 4 is 10.0 Å². The van der Waals surface area contributed by atoms with Crippen molar-refractivity contribution in [2.24, 2.45) is 0 Å². The molecule has 2 aliphatic heterocycles. The smallest absolute Gasteiger partial charge is 0.243 e. The summed E-state index contributed by atoms with van der Waals surface area (Å²) in [6, 6.07) is 14.5. The highest BCUT2D eigenvalue weighted by Crippen LogP contribution is 2.40. The van der Waals surface area contributed by atoms with Gasteiger partial charge in [0.25, 0.3) is 0 Å². The molecule has 4 rings (SSSR count). The number of nitrogens with zero attached hydrogens (tertiary/aromatic N) is 1. The topological polar surface area (TPSA) is 55.8 Å². The van der Waals surface area contributed by atoms with Crippen LogP contribution in [0.4, 0.5) is 0 Å². The molecule has 0 radical (unpaired) electrons. The van der Waals surface area contributed by atoms with Gasteiger partial charge < -0.3 is 9.47 Å². The molecule has 5 nitrogen and oxygen atoms in total. The third-order valence-electron chi connectivity index (χ3n) is 4.28. The monoisotopic (exact) mass is 331 g/mol. The van der Waals surface area contributed by atoms with Crippen molar-refractivity contribution in [3.63, 3.8) is 0 Å². The Morgan fingerprint density at radius 1 is 0.957 bits per heavy atom. The van der Waals surface area contributed by atoms with E-state index in [2.05, 4.69) is 0 Å². The second-order valence-corrected chi connectivity index (χ2v) is 7.53. The number of rotatable bonds is 3. The van der Waals surface area contributed by atoms with Crippen LogP contribution in [-0.4, -0.2) is 32.5 Å². The summed E-state index contributed by atoms with van der Waals surface area (Å²) in [7, 11) is -3.54. The fourth-order valence-electron chi connectivity index (χ4n) is 2.98. The van der Waals surface area contributed by atoms with E-state index < -0.39 is 10.0 Å². The van der Waals surface area contributed by atoms with Crippen molar-refractivity contribution < 1.29 is 17.9 Å². The van der Waals surface area contributed by atoms with Gasteiger partial charge in [-0.1, -0.05) is 30.3 Å². The first-order valence-corrected chi connectivity index (χ1v) is 9.07. The first kappa shape index (κ1) is 14.5. The quantitative estimate of drug-likeness (QED) is 0.867. The molecule has 0 aromatic heterocycles. The Hall–Kier alpha value is -2.05. The highest BCUT2D eigenvalue weighted by Gasteiger charge is 2.39.